The molecule has 0 fully saturated rings. The molecule has 5 heterocycles. The van der Waals surface area contributed by atoms with Crippen LogP contribution in [0.4, 0.5) is 11.4 Å². The van der Waals surface area contributed by atoms with Crippen molar-refractivity contribution in [1.82, 2.24) is 19.5 Å². The number of nitrogens with one attached hydrogen (secondary N) is 1. The Hall–Kier alpha value is -3.95. The summed E-state index contributed by atoms with van der Waals surface area (Å²) in [5.41, 5.74) is 2.52. The van der Waals surface area contributed by atoms with Crippen LogP contribution in [0.25, 0.3) is 11.4 Å². The largest absolute Gasteiger partial charge is 0.496 e. The standard InChI is InChI=1S/C30H28Cl2N6O3/c1-14(2)21-11-24(41-6)19(13-34-21)27-36-25-26(37(27)15(3)4)30(20-8-7-17(31)9-22(20)35-29(30)40)38(28(25)39)23-10-18(32)12-33-16(23)5/h7-15H,1-6H3,(H,35,40). The van der Waals surface area contributed by atoms with Gasteiger partial charge in [0, 0.05) is 46.5 Å². The van der Waals surface area contributed by atoms with E-state index < -0.39 is 17.4 Å². The molecule has 1 spiro atoms. The van der Waals surface area contributed by atoms with Gasteiger partial charge in [0.1, 0.15) is 11.6 Å². The van der Waals surface area contributed by atoms with Crippen LogP contribution in [-0.2, 0) is 10.3 Å². The van der Waals surface area contributed by atoms with E-state index in [0.717, 1.165) is 5.69 Å². The monoisotopic (exact) mass is 590 g/mol. The van der Waals surface area contributed by atoms with Crippen molar-refractivity contribution < 1.29 is 14.3 Å². The van der Waals surface area contributed by atoms with Gasteiger partial charge in [0.2, 0.25) is 0 Å². The van der Waals surface area contributed by atoms with E-state index in [1.54, 1.807) is 44.5 Å². The second kappa shape index (κ2) is 9.56. The fraction of sp³-hybridized carbons (Fsp3) is 0.300. The fourth-order valence-electron chi connectivity index (χ4n) is 5.83. The molecule has 3 aromatic heterocycles. The minimum Gasteiger partial charge on any atom is -0.496 e. The summed E-state index contributed by atoms with van der Waals surface area (Å²) in [6.07, 6.45) is 3.22. The zero-order valence-electron chi connectivity index (χ0n) is 23.4. The van der Waals surface area contributed by atoms with Crippen molar-refractivity contribution in [3.8, 4) is 17.1 Å². The molecule has 2 amide bonds. The van der Waals surface area contributed by atoms with Crippen LogP contribution in [0.1, 0.15) is 72.8 Å². The fourth-order valence-corrected chi connectivity index (χ4v) is 6.15. The van der Waals surface area contributed by atoms with Crippen molar-refractivity contribution in [3.05, 3.63) is 81.1 Å². The molecule has 2 aliphatic rings. The van der Waals surface area contributed by atoms with Crippen molar-refractivity contribution in [1.29, 1.82) is 0 Å². The minimum atomic E-state index is -1.60. The van der Waals surface area contributed by atoms with Gasteiger partial charge in [-0.2, -0.15) is 0 Å². The molecular weight excluding hydrogens is 563 g/mol. The van der Waals surface area contributed by atoms with Gasteiger partial charge in [-0.1, -0.05) is 43.1 Å². The zero-order chi connectivity index (χ0) is 29.4. The molecule has 2 aliphatic heterocycles. The maximum atomic E-state index is 14.5. The summed E-state index contributed by atoms with van der Waals surface area (Å²) in [7, 11) is 1.59. The molecule has 11 heteroatoms. The maximum absolute atomic E-state index is 14.5. The van der Waals surface area contributed by atoms with Gasteiger partial charge >= 0.3 is 0 Å². The molecule has 4 aromatic rings. The summed E-state index contributed by atoms with van der Waals surface area (Å²) < 4.78 is 7.70. The number of methoxy groups -OCH3 is 1. The Labute approximate surface area is 247 Å². The molecule has 1 N–H and O–H groups in total. The third-order valence-corrected chi connectivity index (χ3v) is 8.11. The highest BCUT2D eigenvalue weighted by atomic mass is 35.5. The molecule has 1 unspecified atom stereocenters. The van der Waals surface area contributed by atoms with Crippen LogP contribution in [0, 0.1) is 6.92 Å². The number of ether oxygens (including phenoxy) is 1. The van der Waals surface area contributed by atoms with Gasteiger partial charge in [0.25, 0.3) is 11.8 Å². The lowest BCUT2D eigenvalue weighted by atomic mass is 9.87. The Kier molecular flexibility index (Phi) is 6.35. The first-order valence-corrected chi connectivity index (χ1v) is 14.0. The summed E-state index contributed by atoms with van der Waals surface area (Å²) in [5.74, 6) is 0.386. The molecule has 0 radical (unpaired) electrons. The first-order valence-electron chi connectivity index (χ1n) is 13.3. The summed E-state index contributed by atoms with van der Waals surface area (Å²) in [4.78, 5) is 44.2. The second-order valence-electron chi connectivity index (χ2n) is 10.8. The SMILES string of the molecule is COc1cc(C(C)C)ncc1-c1nc2c(n1C(C)C)C1(C(=O)Nc3cc(Cl)ccc31)N(c1cc(Cl)cnc1C)C2=O. The number of aryl methyl sites for hydroxylation is 1. The number of pyridine rings is 2. The predicted molar refractivity (Wildman–Crippen MR) is 158 cm³/mol. The quantitative estimate of drug-likeness (QED) is 0.283. The molecule has 210 valence electrons. The smallest absolute Gasteiger partial charge is 0.280 e. The third kappa shape index (κ3) is 3.79. The molecule has 6 rings (SSSR count). The number of carbonyl (C=O) groups excluding carboxylic acids is 2. The van der Waals surface area contributed by atoms with E-state index >= 15 is 0 Å². The van der Waals surface area contributed by atoms with Crippen LogP contribution in [0.3, 0.4) is 0 Å². The minimum absolute atomic E-state index is 0.154. The molecule has 9 nitrogen and oxygen atoms in total. The van der Waals surface area contributed by atoms with E-state index in [9.17, 15) is 9.59 Å². The zero-order valence-corrected chi connectivity index (χ0v) is 24.9. The summed E-state index contributed by atoms with van der Waals surface area (Å²) in [6, 6.07) is 8.49. The molecular formula is C30H28Cl2N6O3. The number of halogens is 2. The van der Waals surface area contributed by atoms with Crippen LogP contribution in [0.5, 0.6) is 5.75 Å². The molecule has 1 atom stereocenters. The van der Waals surface area contributed by atoms with Gasteiger partial charge in [-0.25, -0.2) is 4.98 Å². The Morgan fingerprint density at radius 3 is 2.44 bits per heavy atom. The topological polar surface area (TPSA) is 102 Å². The lowest BCUT2D eigenvalue weighted by Gasteiger charge is -2.36. The first kappa shape index (κ1) is 27.2. The molecule has 0 saturated carbocycles. The van der Waals surface area contributed by atoms with Gasteiger partial charge in [0.05, 0.1) is 34.8 Å². The van der Waals surface area contributed by atoms with Gasteiger partial charge in [0.15, 0.2) is 11.2 Å². The van der Waals surface area contributed by atoms with Crippen LogP contribution in [0.2, 0.25) is 10.0 Å². The molecule has 0 saturated heterocycles. The number of rotatable bonds is 5. The van der Waals surface area contributed by atoms with Gasteiger partial charge in [-0.05, 0) is 44.9 Å². The van der Waals surface area contributed by atoms with E-state index in [2.05, 4.69) is 29.1 Å². The number of carbonyl (C=O) groups is 2. The second-order valence-corrected chi connectivity index (χ2v) is 11.7. The van der Waals surface area contributed by atoms with Crippen LogP contribution >= 0.6 is 23.2 Å². The number of aromatic nitrogens is 4. The van der Waals surface area contributed by atoms with E-state index in [4.69, 9.17) is 32.9 Å². The van der Waals surface area contributed by atoms with Gasteiger partial charge in [-0.3, -0.25) is 24.5 Å². The van der Waals surface area contributed by atoms with E-state index in [-0.39, 0.29) is 17.7 Å². The van der Waals surface area contributed by atoms with E-state index in [1.807, 2.05) is 24.5 Å². The lowest BCUT2D eigenvalue weighted by molar-refractivity contribution is -0.119. The number of imidazole rings is 1. The highest BCUT2D eigenvalue weighted by molar-refractivity contribution is 6.32. The number of anilines is 2. The van der Waals surface area contributed by atoms with Crippen LogP contribution in [0.15, 0.2) is 42.7 Å². The summed E-state index contributed by atoms with van der Waals surface area (Å²) >= 11 is 12.7. The Morgan fingerprint density at radius 2 is 1.76 bits per heavy atom. The van der Waals surface area contributed by atoms with Crippen molar-refractivity contribution in [2.75, 3.05) is 17.3 Å². The molecule has 41 heavy (non-hydrogen) atoms. The molecule has 0 bridgehead atoms. The van der Waals surface area contributed by atoms with Crippen LogP contribution in [-0.4, -0.2) is 38.4 Å². The number of hydrogen-bond donors (Lipinski definition) is 1. The average Bonchev–Trinajstić information content (AvgIpc) is 3.53. The maximum Gasteiger partial charge on any atom is 0.280 e. The van der Waals surface area contributed by atoms with Crippen molar-refractivity contribution in [2.45, 2.75) is 52.1 Å². The lowest BCUT2D eigenvalue weighted by Crippen LogP contribution is -2.51. The molecule has 1 aromatic carbocycles. The number of nitrogens with zero attached hydrogens (tertiary/aromatic N) is 5. The number of fused-ring (bicyclic) bond motifs is 4. The van der Waals surface area contributed by atoms with Crippen LogP contribution < -0.4 is 15.0 Å². The number of hydrogen-bond acceptors (Lipinski definition) is 6. The normalized spacial score (nSPS) is 17.6. The van der Waals surface area contributed by atoms with E-state index in [0.29, 0.717) is 55.5 Å². The number of amides is 2. The predicted octanol–water partition coefficient (Wildman–Crippen LogP) is 6.52. The number of benzene rings is 1. The average molecular weight is 591 g/mol. The highest BCUT2D eigenvalue weighted by Gasteiger charge is 2.64. The Morgan fingerprint density at radius 1 is 1.00 bits per heavy atom. The third-order valence-electron chi connectivity index (χ3n) is 7.67. The summed E-state index contributed by atoms with van der Waals surface area (Å²) in [6.45, 7) is 9.84. The Balaban J connectivity index is 1.72. The summed E-state index contributed by atoms with van der Waals surface area (Å²) in [5, 5.41) is 3.77. The highest BCUT2D eigenvalue weighted by Crippen LogP contribution is 2.55. The van der Waals surface area contributed by atoms with Crippen molar-refractivity contribution >= 4 is 46.4 Å². The molecule has 0 aliphatic carbocycles. The van der Waals surface area contributed by atoms with Crippen molar-refractivity contribution in [2.24, 2.45) is 0 Å². The van der Waals surface area contributed by atoms with Gasteiger partial charge in [-0.15, -0.1) is 0 Å². The Bertz CT molecular complexity index is 1770. The van der Waals surface area contributed by atoms with Gasteiger partial charge < -0.3 is 14.6 Å². The van der Waals surface area contributed by atoms with Crippen molar-refractivity contribution in [3.63, 3.8) is 0 Å². The van der Waals surface area contributed by atoms with E-state index in [1.165, 1.54) is 11.1 Å². The first-order chi connectivity index (χ1) is 19.5.